The van der Waals surface area contributed by atoms with Crippen molar-refractivity contribution in [2.75, 3.05) is 0 Å². The molecule has 0 saturated heterocycles. The average Bonchev–Trinajstić information content (AvgIpc) is 2.72. The van der Waals surface area contributed by atoms with Crippen molar-refractivity contribution in [2.24, 2.45) is 5.73 Å². The van der Waals surface area contributed by atoms with Crippen molar-refractivity contribution in [3.63, 3.8) is 0 Å². The van der Waals surface area contributed by atoms with E-state index in [0.29, 0.717) is 11.1 Å². The molecule has 0 aromatic heterocycles. The molecular formula is C22H23N3O4S. The molecule has 3 aromatic rings. The lowest BCUT2D eigenvalue weighted by Crippen LogP contribution is -2.36. The first-order valence-corrected chi connectivity index (χ1v) is 11.0. The molecule has 0 aliphatic heterocycles. The van der Waals surface area contributed by atoms with Crippen molar-refractivity contribution < 1.29 is 13.3 Å². The molecule has 156 valence electrons. The number of nitrogens with zero attached hydrogens (tertiary/aromatic N) is 1. The molecule has 30 heavy (non-hydrogen) atoms. The molecule has 0 aliphatic carbocycles. The molecule has 0 amide bonds. The standard InChI is InChI=1S/C22H23N3O4S/c1-16-14-17(12-13-20(16)25(26)27)15-30(28,29)24-22(19-10-6-3-7-11-19)21(23)18-8-4-2-5-9-18/h2-14,21-22,24H,15,23H2,1H3. The van der Waals surface area contributed by atoms with Crippen molar-refractivity contribution in [3.05, 3.63) is 111 Å². The Balaban J connectivity index is 1.88. The van der Waals surface area contributed by atoms with E-state index in [1.54, 1.807) is 6.92 Å². The zero-order valence-electron chi connectivity index (χ0n) is 16.4. The second kappa shape index (κ2) is 9.17. The SMILES string of the molecule is Cc1cc(CS(=O)(=O)NC(c2ccccc2)C(N)c2ccccc2)ccc1[N+](=O)[O-]. The van der Waals surface area contributed by atoms with Crippen molar-refractivity contribution in [1.82, 2.24) is 4.72 Å². The van der Waals surface area contributed by atoms with Crippen LogP contribution in [-0.4, -0.2) is 13.3 Å². The van der Waals surface area contributed by atoms with E-state index in [0.717, 1.165) is 11.1 Å². The molecule has 0 saturated carbocycles. The van der Waals surface area contributed by atoms with Crippen LogP contribution in [0.5, 0.6) is 0 Å². The summed E-state index contributed by atoms with van der Waals surface area (Å²) < 4.78 is 28.6. The normalized spacial score (nSPS) is 13.5. The second-order valence-electron chi connectivity index (χ2n) is 7.08. The van der Waals surface area contributed by atoms with Crippen LogP contribution in [0.2, 0.25) is 0 Å². The molecule has 2 atom stereocenters. The Hall–Kier alpha value is -3.07. The molecule has 3 N–H and O–H groups in total. The van der Waals surface area contributed by atoms with E-state index in [9.17, 15) is 18.5 Å². The van der Waals surface area contributed by atoms with Crippen LogP contribution in [0.1, 0.15) is 34.3 Å². The predicted octanol–water partition coefficient (Wildman–Crippen LogP) is 3.76. The van der Waals surface area contributed by atoms with Gasteiger partial charge in [0.25, 0.3) is 5.69 Å². The van der Waals surface area contributed by atoms with Gasteiger partial charge in [0.05, 0.1) is 22.8 Å². The molecule has 3 rings (SSSR count). The number of rotatable bonds is 8. The van der Waals surface area contributed by atoms with Gasteiger partial charge >= 0.3 is 0 Å². The molecule has 7 nitrogen and oxygen atoms in total. The second-order valence-corrected chi connectivity index (χ2v) is 8.83. The fourth-order valence-electron chi connectivity index (χ4n) is 3.34. The van der Waals surface area contributed by atoms with Crippen LogP contribution in [0, 0.1) is 17.0 Å². The third-order valence-electron chi connectivity index (χ3n) is 4.82. The van der Waals surface area contributed by atoms with E-state index in [1.165, 1.54) is 18.2 Å². The summed E-state index contributed by atoms with van der Waals surface area (Å²) in [6, 6.07) is 21.5. The number of nitrogens with two attached hydrogens (primary N) is 1. The maximum atomic E-state index is 12.9. The van der Waals surface area contributed by atoms with Crippen molar-refractivity contribution in [1.29, 1.82) is 0 Å². The van der Waals surface area contributed by atoms with E-state index in [2.05, 4.69) is 4.72 Å². The quantitative estimate of drug-likeness (QED) is 0.421. The maximum Gasteiger partial charge on any atom is 0.272 e. The van der Waals surface area contributed by atoms with Gasteiger partial charge in [0, 0.05) is 11.6 Å². The molecule has 8 heteroatoms. The number of nitrogens with one attached hydrogen (secondary N) is 1. The van der Waals surface area contributed by atoms with Gasteiger partial charge in [0.15, 0.2) is 0 Å². The highest BCUT2D eigenvalue weighted by Gasteiger charge is 2.27. The van der Waals surface area contributed by atoms with Crippen LogP contribution < -0.4 is 10.5 Å². The first-order valence-electron chi connectivity index (χ1n) is 9.36. The number of nitro benzene ring substituents is 1. The van der Waals surface area contributed by atoms with E-state index >= 15 is 0 Å². The average molecular weight is 426 g/mol. The molecule has 0 radical (unpaired) electrons. The van der Waals surface area contributed by atoms with Crippen LogP contribution in [0.3, 0.4) is 0 Å². The Kier molecular flexibility index (Phi) is 6.61. The number of aryl methyl sites for hydroxylation is 1. The Morgan fingerprint density at radius 2 is 1.53 bits per heavy atom. The fraction of sp³-hybridized carbons (Fsp3) is 0.182. The van der Waals surface area contributed by atoms with Crippen molar-refractivity contribution >= 4 is 15.7 Å². The van der Waals surface area contributed by atoms with Crippen LogP contribution in [0.4, 0.5) is 5.69 Å². The van der Waals surface area contributed by atoms with Gasteiger partial charge in [-0.15, -0.1) is 0 Å². The minimum Gasteiger partial charge on any atom is -0.322 e. The summed E-state index contributed by atoms with van der Waals surface area (Å²) in [5, 5.41) is 11.0. The number of nitro groups is 1. The minimum absolute atomic E-state index is 0.0441. The summed E-state index contributed by atoms with van der Waals surface area (Å²) in [5.41, 5.74) is 8.83. The summed E-state index contributed by atoms with van der Waals surface area (Å²) in [5.74, 6) is -0.309. The van der Waals surface area contributed by atoms with Gasteiger partial charge in [-0.1, -0.05) is 66.7 Å². The lowest BCUT2D eigenvalue weighted by atomic mass is 9.95. The van der Waals surface area contributed by atoms with Gasteiger partial charge in [0.1, 0.15) is 0 Å². The predicted molar refractivity (Wildman–Crippen MR) is 116 cm³/mol. The summed E-state index contributed by atoms with van der Waals surface area (Å²) in [7, 11) is -3.78. The van der Waals surface area contributed by atoms with Gasteiger partial charge in [0.2, 0.25) is 10.0 Å². The van der Waals surface area contributed by atoms with Gasteiger partial charge in [-0.05, 0) is 29.7 Å². The molecule has 3 aromatic carbocycles. The van der Waals surface area contributed by atoms with Crippen LogP contribution in [0.25, 0.3) is 0 Å². The van der Waals surface area contributed by atoms with Crippen molar-refractivity contribution in [3.8, 4) is 0 Å². The molecule has 0 spiro atoms. The van der Waals surface area contributed by atoms with Gasteiger partial charge in [-0.3, -0.25) is 10.1 Å². The Morgan fingerprint density at radius 3 is 2.07 bits per heavy atom. The lowest BCUT2D eigenvalue weighted by molar-refractivity contribution is -0.385. The minimum atomic E-state index is -3.78. The highest BCUT2D eigenvalue weighted by atomic mass is 32.2. The molecule has 0 bridgehead atoms. The van der Waals surface area contributed by atoms with Gasteiger partial charge in [-0.25, -0.2) is 13.1 Å². The topological polar surface area (TPSA) is 115 Å². The smallest absolute Gasteiger partial charge is 0.272 e. The molecule has 0 heterocycles. The summed E-state index contributed by atoms with van der Waals surface area (Å²) in [4.78, 5) is 10.5. The van der Waals surface area contributed by atoms with Crippen molar-refractivity contribution in [2.45, 2.75) is 24.8 Å². The largest absolute Gasteiger partial charge is 0.322 e. The number of hydrogen-bond donors (Lipinski definition) is 2. The van der Waals surface area contributed by atoms with Crippen LogP contribution in [0.15, 0.2) is 78.9 Å². The van der Waals surface area contributed by atoms with E-state index < -0.39 is 27.0 Å². The first kappa shape index (κ1) is 21.6. The lowest BCUT2D eigenvalue weighted by Gasteiger charge is -2.26. The third-order valence-corrected chi connectivity index (χ3v) is 6.15. The Morgan fingerprint density at radius 1 is 0.967 bits per heavy atom. The number of benzene rings is 3. The summed E-state index contributed by atoms with van der Waals surface area (Å²) in [6.45, 7) is 1.58. The maximum absolute atomic E-state index is 12.9. The Labute approximate surface area is 175 Å². The highest BCUT2D eigenvalue weighted by Crippen LogP contribution is 2.28. The van der Waals surface area contributed by atoms with Gasteiger partial charge < -0.3 is 5.73 Å². The zero-order chi connectivity index (χ0) is 21.7. The molecule has 0 fully saturated rings. The van der Waals surface area contributed by atoms with Crippen LogP contribution >= 0.6 is 0 Å². The first-order chi connectivity index (χ1) is 14.3. The number of sulfonamides is 1. The fourth-order valence-corrected chi connectivity index (χ4v) is 4.71. The van der Waals surface area contributed by atoms with Gasteiger partial charge in [-0.2, -0.15) is 0 Å². The summed E-state index contributed by atoms with van der Waals surface area (Å²) in [6.07, 6.45) is 0. The van der Waals surface area contributed by atoms with Crippen LogP contribution in [-0.2, 0) is 15.8 Å². The monoisotopic (exact) mass is 425 g/mol. The molecular weight excluding hydrogens is 402 g/mol. The highest BCUT2D eigenvalue weighted by molar-refractivity contribution is 7.88. The number of hydrogen-bond acceptors (Lipinski definition) is 5. The van der Waals surface area contributed by atoms with E-state index in [4.69, 9.17) is 5.73 Å². The molecule has 2 unspecified atom stereocenters. The molecule has 0 aliphatic rings. The van der Waals surface area contributed by atoms with E-state index in [-0.39, 0.29) is 11.4 Å². The Bertz CT molecular complexity index is 1120. The third kappa shape index (κ3) is 5.29. The summed E-state index contributed by atoms with van der Waals surface area (Å²) >= 11 is 0. The van der Waals surface area contributed by atoms with E-state index in [1.807, 2.05) is 60.7 Å². The zero-order valence-corrected chi connectivity index (χ0v) is 17.2.